The average Bonchev–Trinajstić information content (AvgIpc) is 2.39. The van der Waals surface area contributed by atoms with Crippen molar-refractivity contribution in [2.24, 2.45) is 0 Å². The van der Waals surface area contributed by atoms with E-state index in [0.29, 0.717) is 10.9 Å². The van der Waals surface area contributed by atoms with Crippen molar-refractivity contribution in [3.05, 3.63) is 63.8 Å². The van der Waals surface area contributed by atoms with Gasteiger partial charge in [0.15, 0.2) is 0 Å². The van der Waals surface area contributed by atoms with E-state index < -0.39 is 0 Å². The van der Waals surface area contributed by atoms with Gasteiger partial charge in [-0.2, -0.15) is 0 Å². The number of aromatic amines is 1. The highest BCUT2D eigenvalue weighted by Gasteiger charge is 2.42. The van der Waals surface area contributed by atoms with E-state index in [-0.39, 0.29) is 11.0 Å². The Hall–Kier alpha value is -1.42. The third-order valence-corrected chi connectivity index (χ3v) is 4.61. The molecule has 0 saturated heterocycles. The second-order valence-electron chi connectivity index (χ2n) is 5.02. The van der Waals surface area contributed by atoms with Crippen LogP contribution in [0.4, 0.5) is 0 Å². The molecule has 4 heteroatoms. The number of rotatable bonds is 3. The van der Waals surface area contributed by atoms with Crippen molar-refractivity contribution in [1.82, 2.24) is 9.97 Å². The third kappa shape index (κ3) is 2.04. The molecule has 1 aliphatic rings. The molecule has 0 spiro atoms. The fraction of sp³-hybridized carbons (Fsp3) is 0.333. The molecule has 0 bridgehead atoms. The maximum absolute atomic E-state index is 12.0. The van der Waals surface area contributed by atoms with Gasteiger partial charge in [-0.3, -0.25) is 4.79 Å². The Labute approximate surface area is 120 Å². The molecule has 98 valence electrons. The summed E-state index contributed by atoms with van der Waals surface area (Å²) in [4.78, 5) is 19.4. The molecule has 0 unspecified atom stereocenters. The molecule has 1 saturated carbocycles. The van der Waals surface area contributed by atoms with Gasteiger partial charge in [0.1, 0.15) is 5.82 Å². The summed E-state index contributed by atoms with van der Waals surface area (Å²) in [7, 11) is 0. The lowest BCUT2D eigenvalue weighted by Crippen LogP contribution is -2.39. The van der Waals surface area contributed by atoms with Crippen LogP contribution in [0.5, 0.6) is 0 Å². The number of alkyl halides is 1. The van der Waals surface area contributed by atoms with Crippen LogP contribution in [0.15, 0.2) is 41.3 Å². The first-order chi connectivity index (χ1) is 9.26. The molecule has 1 aliphatic carbocycles. The predicted octanol–water partition coefficient (Wildman–Crippen LogP) is 3.13. The number of nitrogens with one attached hydrogen (secondary N) is 1. The molecule has 1 aromatic heterocycles. The van der Waals surface area contributed by atoms with Crippen LogP contribution in [-0.2, 0) is 10.7 Å². The molecular formula is C15H15BrN2O. The van der Waals surface area contributed by atoms with Crippen LogP contribution in [0.3, 0.4) is 0 Å². The SMILES string of the molecule is O=c1[nH]c(C2(c3ccccc3)CCC2)ncc1CBr. The van der Waals surface area contributed by atoms with Gasteiger partial charge < -0.3 is 4.98 Å². The molecule has 1 aromatic carbocycles. The zero-order valence-electron chi connectivity index (χ0n) is 10.5. The van der Waals surface area contributed by atoms with Gasteiger partial charge in [0.25, 0.3) is 5.56 Å². The summed E-state index contributed by atoms with van der Waals surface area (Å²) < 4.78 is 0. The Morgan fingerprint density at radius 1 is 1.26 bits per heavy atom. The number of nitrogens with zero attached hydrogens (tertiary/aromatic N) is 1. The zero-order chi connectivity index (χ0) is 13.3. The van der Waals surface area contributed by atoms with Gasteiger partial charge in [0.05, 0.1) is 5.41 Å². The second kappa shape index (κ2) is 4.93. The van der Waals surface area contributed by atoms with Gasteiger partial charge in [0.2, 0.25) is 0 Å². The Kier molecular flexibility index (Phi) is 3.27. The van der Waals surface area contributed by atoms with Crippen LogP contribution in [-0.4, -0.2) is 9.97 Å². The lowest BCUT2D eigenvalue weighted by atomic mass is 9.64. The Bertz CT molecular complexity index is 632. The topological polar surface area (TPSA) is 45.8 Å². The normalized spacial score (nSPS) is 16.9. The number of hydrogen-bond donors (Lipinski definition) is 1. The van der Waals surface area contributed by atoms with Crippen molar-refractivity contribution >= 4 is 15.9 Å². The lowest BCUT2D eigenvalue weighted by Gasteiger charge is -2.41. The molecule has 0 radical (unpaired) electrons. The van der Waals surface area contributed by atoms with Crippen molar-refractivity contribution in [3.8, 4) is 0 Å². The van der Waals surface area contributed by atoms with Crippen molar-refractivity contribution in [2.45, 2.75) is 30.0 Å². The first kappa shape index (κ1) is 12.6. The fourth-order valence-corrected chi connectivity index (χ4v) is 3.11. The highest BCUT2D eigenvalue weighted by Crippen LogP contribution is 2.47. The standard InChI is InChI=1S/C15H15BrN2O/c16-9-11-10-17-14(18-13(11)19)15(7-4-8-15)12-5-2-1-3-6-12/h1-3,5-6,10H,4,7-9H2,(H,17,18,19). The summed E-state index contributed by atoms with van der Waals surface area (Å²) in [6.45, 7) is 0. The van der Waals surface area contributed by atoms with Gasteiger partial charge in [-0.05, 0) is 18.4 Å². The number of aromatic nitrogens is 2. The Balaban J connectivity index is 2.08. The predicted molar refractivity (Wildman–Crippen MR) is 78.6 cm³/mol. The lowest BCUT2D eigenvalue weighted by molar-refractivity contribution is 0.284. The van der Waals surface area contributed by atoms with E-state index in [1.165, 1.54) is 12.0 Å². The van der Waals surface area contributed by atoms with Crippen molar-refractivity contribution in [1.29, 1.82) is 0 Å². The van der Waals surface area contributed by atoms with Crippen molar-refractivity contribution in [3.63, 3.8) is 0 Å². The maximum atomic E-state index is 12.0. The number of benzene rings is 1. The zero-order valence-corrected chi connectivity index (χ0v) is 12.1. The summed E-state index contributed by atoms with van der Waals surface area (Å²) >= 11 is 3.30. The minimum atomic E-state index is -0.0920. The number of hydrogen-bond acceptors (Lipinski definition) is 2. The highest BCUT2D eigenvalue weighted by molar-refractivity contribution is 9.08. The molecule has 3 rings (SSSR count). The van der Waals surface area contributed by atoms with E-state index in [2.05, 4.69) is 38.0 Å². The summed E-state index contributed by atoms with van der Waals surface area (Å²) in [5.74, 6) is 0.805. The first-order valence-corrected chi connectivity index (χ1v) is 7.58. The molecule has 3 nitrogen and oxygen atoms in total. The van der Waals surface area contributed by atoms with Gasteiger partial charge in [-0.1, -0.05) is 52.7 Å². The average molecular weight is 319 g/mol. The molecular weight excluding hydrogens is 304 g/mol. The van der Waals surface area contributed by atoms with Crippen molar-refractivity contribution < 1.29 is 0 Å². The Morgan fingerprint density at radius 3 is 2.53 bits per heavy atom. The van der Waals surface area contributed by atoms with E-state index in [1.54, 1.807) is 6.20 Å². The molecule has 0 atom stereocenters. The molecule has 1 N–H and O–H groups in total. The van der Waals surface area contributed by atoms with Crippen LogP contribution in [0.2, 0.25) is 0 Å². The van der Waals surface area contributed by atoms with Gasteiger partial charge in [0, 0.05) is 17.1 Å². The quantitative estimate of drug-likeness (QED) is 0.884. The second-order valence-corrected chi connectivity index (χ2v) is 5.58. The third-order valence-electron chi connectivity index (χ3n) is 4.00. The van der Waals surface area contributed by atoms with Crippen LogP contribution < -0.4 is 5.56 Å². The molecule has 19 heavy (non-hydrogen) atoms. The van der Waals surface area contributed by atoms with Crippen LogP contribution in [0.1, 0.15) is 36.2 Å². The molecule has 0 aliphatic heterocycles. The number of halogens is 1. The fourth-order valence-electron chi connectivity index (χ4n) is 2.71. The van der Waals surface area contributed by atoms with Crippen LogP contribution >= 0.6 is 15.9 Å². The summed E-state index contributed by atoms with van der Waals surface area (Å²) in [6.07, 6.45) is 4.96. The minimum absolute atomic E-state index is 0.0379. The number of H-pyrrole nitrogens is 1. The maximum Gasteiger partial charge on any atom is 0.254 e. The van der Waals surface area contributed by atoms with E-state index in [9.17, 15) is 4.79 Å². The highest BCUT2D eigenvalue weighted by atomic mass is 79.9. The molecule has 2 aromatic rings. The van der Waals surface area contributed by atoms with Crippen LogP contribution in [0, 0.1) is 0 Å². The monoisotopic (exact) mass is 318 g/mol. The van der Waals surface area contributed by atoms with Gasteiger partial charge >= 0.3 is 0 Å². The first-order valence-electron chi connectivity index (χ1n) is 6.46. The Morgan fingerprint density at radius 2 is 2.00 bits per heavy atom. The smallest absolute Gasteiger partial charge is 0.254 e. The summed E-state index contributed by atoms with van der Waals surface area (Å²) in [5.41, 5.74) is 1.79. The molecule has 0 amide bonds. The molecule has 1 fully saturated rings. The largest absolute Gasteiger partial charge is 0.310 e. The van der Waals surface area contributed by atoms with E-state index in [4.69, 9.17) is 0 Å². The van der Waals surface area contributed by atoms with Gasteiger partial charge in [-0.25, -0.2) is 4.98 Å². The van der Waals surface area contributed by atoms with E-state index >= 15 is 0 Å². The van der Waals surface area contributed by atoms with Crippen LogP contribution in [0.25, 0.3) is 0 Å². The van der Waals surface area contributed by atoms with E-state index in [1.807, 2.05) is 18.2 Å². The van der Waals surface area contributed by atoms with Crippen molar-refractivity contribution in [2.75, 3.05) is 0 Å². The summed E-state index contributed by atoms with van der Waals surface area (Å²) in [6, 6.07) is 10.3. The van der Waals surface area contributed by atoms with Gasteiger partial charge in [-0.15, -0.1) is 0 Å². The molecule has 1 heterocycles. The minimum Gasteiger partial charge on any atom is -0.310 e. The van der Waals surface area contributed by atoms with E-state index in [0.717, 1.165) is 18.7 Å². The summed E-state index contributed by atoms with van der Waals surface area (Å²) in [5, 5.41) is 0.536.